The molecule has 0 amide bonds. The zero-order valence-electron chi connectivity index (χ0n) is 8.42. The lowest BCUT2D eigenvalue weighted by molar-refractivity contribution is 0.150. The van der Waals surface area contributed by atoms with Gasteiger partial charge in [-0.2, -0.15) is 0 Å². The van der Waals surface area contributed by atoms with Crippen LogP contribution in [0.1, 0.15) is 34.1 Å². The monoisotopic (exact) mass is 166 g/mol. The molecule has 0 bridgehead atoms. The second-order valence-electron chi connectivity index (χ2n) is 3.94. The Balaban J connectivity index is 2.60. The van der Waals surface area contributed by atoms with Crippen LogP contribution in [0.15, 0.2) is 23.5 Å². The van der Waals surface area contributed by atoms with E-state index in [2.05, 4.69) is 39.8 Å². The van der Waals surface area contributed by atoms with Gasteiger partial charge in [-0.05, 0) is 37.5 Å². The summed E-state index contributed by atoms with van der Waals surface area (Å²) in [7, 11) is 0. The van der Waals surface area contributed by atoms with Crippen LogP contribution in [0.25, 0.3) is 0 Å². The van der Waals surface area contributed by atoms with Crippen molar-refractivity contribution < 1.29 is 4.74 Å². The van der Waals surface area contributed by atoms with E-state index in [0.29, 0.717) is 5.92 Å². The topological polar surface area (TPSA) is 9.23 Å². The average Bonchev–Trinajstić information content (AvgIpc) is 1.81. The first-order chi connectivity index (χ1) is 5.58. The van der Waals surface area contributed by atoms with Crippen molar-refractivity contribution in [3.63, 3.8) is 0 Å². The van der Waals surface area contributed by atoms with E-state index in [1.165, 1.54) is 5.57 Å². The minimum atomic E-state index is 0.253. The highest BCUT2D eigenvalue weighted by molar-refractivity contribution is 5.23. The second-order valence-corrected chi connectivity index (χ2v) is 3.94. The van der Waals surface area contributed by atoms with Gasteiger partial charge in [-0.25, -0.2) is 0 Å². The number of ether oxygens (including phenoxy) is 1. The Labute approximate surface area is 75.1 Å². The van der Waals surface area contributed by atoms with E-state index in [9.17, 15) is 0 Å². The van der Waals surface area contributed by atoms with Gasteiger partial charge in [-0.3, -0.25) is 0 Å². The third kappa shape index (κ3) is 2.72. The summed E-state index contributed by atoms with van der Waals surface area (Å²) in [4.78, 5) is 0. The van der Waals surface area contributed by atoms with E-state index < -0.39 is 0 Å². The zero-order valence-corrected chi connectivity index (χ0v) is 8.42. The minimum absolute atomic E-state index is 0.253. The number of rotatable bonds is 2. The summed E-state index contributed by atoms with van der Waals surface area (Å²) >= 11 is 0. The Morgan fingerprint density at radius 2 is 2.17 bits per heavy atom. The van der Waals surface area contributed by atoms with Crippen LogP contribution in [0.2, 0.25) is 0 Å². The van der Waals surface area contributed by atoms with Gasteiger partial charge in [0.15, 0.2) is 0 Å². The molecule has 1 aliphatic heterocycles. The highest BCUT2D eigenvalue weighted by Gasteiger charge is 2.10. The van der Waals surface area contributed by atoms with E-state index in [-0.39, 0.29) is 6.10 Å². The third-order valence-corrected chi connectivity index (χ3v) is 1.83. The molecule has 1 nitrogen and oxygen atoms in total. The summed E-state index contributed by atoms with van der Waals surface area (Å²) in [5.74, 6) is 1.81. The van der Waals surface area contributed by atoms with Gasteiger partial charge in [-0.15, -0.1) is 0 Å². The predicted octanol–water partition coefficient (Wildman–Crippen LogP) is 3.28. The fourth-order valence-electron chi connectivity index (χ4n) is 1.49. The molecule has 1 rings (SSSR count). The van der Waals surface area contributed by atoms with Crippen molar-refractivity contribution in [3.8, 4) is 0 Å². The molecule has 0 saturated heterocycles. The summed E-state index contributed by atoms with van der Waals surface area (Å²) in [6, 6.07) is 0. The molecule has 0 aromatic heterocycles. The van der Waals surface area contributed by atoms with Crippen molar-refractivity contribution in [2.24, 2.45) is 5.92 Å². The molecular formula is C11H18O. The van der Waals surface area contributed by atoms with Gasteiger partial charge in [0, 0.05) is 6.42 Å². The lowest BCUT2D eigenvalue weighted by Gasteiger charge is -2.20. The third-order valence-electron chi connectivity index (χ3n) is 1.83. The molecule has 0 aromatic rings. The number of hydrogen-bond acceptors (Lipinski definition) is 1. The summed E-state index contributed by atoms with van der Waals surface area (Å²) in [5.41, 5.74) is 1.32. The maximum atomic E-state index is 5.65. The largest absolute Gasteiger partial charge is 0.491 e. The minimum Gasteiger partial charge on any atom is -0.491 e. The molecule has 1 atom stereocenters. The van der Waals surface area contributed by atoms with Gasteiger partial charge in [0.25, 0.3) is 0 Å². The Morgan fingerprint density at radius 3 is 2.67 bits per heavy atom. The van der Waals surface area contributed by atoms with Crippen molar-refractivity contribution in [2.45, 2.75) is 40.2 Å². The summed E-state index contributed by atoms with van der Waals surface area (Å²) in [5, 5.41) is 0. The molecule has 1 aliphatic rings. The fourth-order valence-corrected chi connectivity index (χ4v) is 1.49. The molecular weight excluding hydrogens is 148 g/mol. The first-order valence-electron chi connectivity index (χ1n) is 4.63. The van der Waals surface area contributed by atoms with E-state index >= 15 is 0 Å². The highest BCUT2D eigenvalue weighted by Crippen LogP contribution is 2.21. The number of hydrogen-bond donors (Lipinski definition) is 0. The molecule has 1 heterocycles. The SMILES string of the molecule is CC1=CC(C)OC(CC(C)C)=C1. The van der Waals surface area contributed by atoms with Crippen LogP contribution in [-0.4, -0.2) is 6.10 Å². The van der Waals surface area contributed by atoms with Crippen LogP contribution in [0, 0.1) is 5.92 Å². The van der Waals surface area contributed by atoms with E-state index in [4.69, 9.17) is 4.74 Å². The molecule has 0 aromatic carbocycles. The molecule has 0 radical (unpaired) electrons. The molecule has 0 N–H and O–H groups in total. The lowest BCUT2D eigenvalue weighted by Crippen LogP contribution is -2.10. The maximum absolute atomic E-state index is 5.65. The summed E-state index contributed by atoms with van der Waals surface area (Å²) < 4.78 is 5.65. The molecule has 68 valence electrons. The van der Waals surface area contributed by atoms with Gasteiger partial charge in [0.05, 0.1) is 5.76 Å². The van der Waals surface area contributed by atoms with Crippen LogP contribution < -0.4 is 0 Å². The normalized spacial score (nSPS) is 23.2. The quantitative estimate of drug-likeness (QED) is 0.611. The Hall–Kier alpha value is -0.720. The van der Waals surface area contributed by atoms with E-state index in [1.54, 1.807) is 0 Å². The van der Waals surface area contributed by atoms with Gasteiger partial charge in [0.1, 0.15) is 6.10 Å². The molecule has 12 heavy (non-hydrogen) atoms. The predicted molar refractivity (Wildman–Crippen MR) is 51.8 cm³/mol. The van der Waals surface area contributed by atoms with Gasteiger partial charge in [0.2, 0.25) is 0 Å². The molecule has 0 saturated carbocycles. The van der Waals surface area contributed by atoms with Crippen LogP contribution >= 0.6 is 0 Å². The molecule has 0 spiro atoms. The molecule has 0 aliphatic carbocycles. The van der Waals surface area contributed by atoms with E-state index in [1.807, 2.05) is 0 Å². The van der Waals surface area contributed by atoms with Crippen molar-refractivity contribution >= 4 is 0 Å². The van der Waals surface area contributed by atoms with Crippen molar-refractivity contribution in [3.05, 3.63) is 23.5 Å². The van der Waals surface area contributed by atoms with Crippen LogP contribution in [0.4, 0.5) is 0 Å². The van der Waals surface area contributed by atoms with Crippen molar-refractivity contribution in [2.75, 3.05) is 0 Å². The second kappa shape index (κ2) is 3.79. The van der Waals surface area contributed by atoms with Crippen LogP contribution in [-0.2, 0) is 4.74 Å². The average molecular weight is 166 g/mol. The summed E-state index contributed by atoms with van der Waals surface area (Å²) in [6.45, 7) is 8.63. The first kappa shape index (κ1) is 9.37. The number of allylic oxidation sites excluding steroid dienone is 3. The Bertz CT molecular complexity index is 211. The highest BCUT2D eigenvalue weighted by atomic mass is 16.5. The van der Waals surface area contributed by atoms with E-state index in [0.717, 1.165) is 12.2 Å². The molecule has 1 unspecified atom stereocenters. The van der Waals surface area contributed by atoms with Crippen LogP contribution in [0.3, 0.4) is 0 Å². The van der Waals surface area contributed by atoms with Crippen molar-refractivity contribution in [1.82, 2.24) is 0 Å². The summed E-state index contributed by atoms with van der Waals surface area (Å²) in [6.07, 6.45) is 5.59. The fraction of sp³-hybridized carbons (Fsp3) is 0.636. The molecule has 0 fully saturated rings. The Morgan fingerprint density at radius 1 is 1.50 bits per heavy atom. The van der Waals surface area contributed by atoms with Gasteiger partial charge >= 0.3 is 0 Å². The Kier molecular flexibility index (Phi) is 2.96. The van der Waals surface area contributed by atoms with Crippen LogP contribution in [0.5, 0.6) is 0 Å². The van der Waals surface area contributed by atoms with Gasteiger partial charge in [-0.1, -0.05) is 13.8 Å². The standard InChI is InChI=1S/C11H18O/c1-8(2)5-11-7-9(3)6-10(4)12-11/h6-8,10H,5H2,1-4H3. The first-order valence-corrected chi connectivity index (χ1v) is 4.63. The van der Waals surface area contributed by atoms with Gasteiger partial charge < -0.3 is 4.74 Å². The maximum Gasteiger partial charge on any atom is 0.114 e. The smallest absolute Gasteiger partial charge is 0.114 e. The molecule has 1 heteroatoms. The zero-order chi connectivity index (χ0) is 9.14. The van der Waals surface area contributed by atoms with Crippen molar-refractivity contribution in [1.29, 1.82) is 0 Å². The lowest BCUT2D eigenvalue weighted by atomic mass is 10.1.